The molecule has 5 aliphatic carbocycles. The van der Waals surface area contributed by atoms with Crippen molar-refractivity contribution in [3.05, 3.63) is 162 Å². The van der Waals surface area contributed by atoms with Crippen LogP contribution in [-0.2, 0) is 38.5 Å². The summed E-state index contributed by atoms with van der Waals surface area (Å²) >= 11 is 0. The summed E-state index contributed by atoms with van der Waals surface area (Å²) in [7, 11) is 3.75. The summed E-state index contributed by atoms with van der Waals surface area (Å²) in [6.45, 7) is 16.3. The van der Waals surface area contributed by atoms with Crippen LogP contribution in [0.1, 0.15) is 91.2 Å². The van der Waals surface area contributed by atoms with Gasteiger partial charge in [0, 0.05) is 145 Å². The molecule has 0 amide bonds. The van der Waals surface area contributed by atoms with Crippen molar-refractivity contribution in [1.82, 2.24) is 119 Å². The Hall–Kier alpha value is -13.0. The molecule has 9 aliphatic rings. The van der Waals surface area contributed by atoms with Crippen LogP contribution in [0.3, 0.4) is 0 Å². The molecule has 4 aliphatic heterocycles. The summed E-state index contributed by atoms with van der Waals surface area (Å²) < 4.78 is 11.6. The zero-order valence-corrected chi connectivity index (χ0v) is 68.0. The van der Waals surface area contributed by atoms with Gasteiger partial charge in [-0.2, -0.15) is 38.7 Å². The van der Waals surface area contributed by atoms with Crippen LogP contribution in [0.4, 0.5) is 93.6 Å². The molecule has 37 heteroatoms. The maximum Gasteiger partial charge on any atom is 0.249 e. The molecule has 4 saturated heterocycles. The smallest absolute Gasteiger partial charge is 0.249 e. The average molecular weight is 1620 g/mol. The Morgan fingerprint density at radius 2 is 0.717 bits per heavy atom. The lowest BCUT2D eigenvalue weighted by atomic mass is 10.1. The summed E-state index contributed by atoms with van der Waals surface area (Å²) in [5.74, 6) is 9.46. The molecule has 37 nitrogen and oxygen atoms in total. The van der Waals surface area contributed by atoms with E-state index in [4.69, 9.17) is 27.7 Å². The number of benzene rings is 4. The van der Waals surface area contributed by atoms with Crippen molar-refractivity contribution in [3.63, 3.8) is 0 Å². The molecule has 4 aromatic carbocycles. The van der Waals surface area contributed by atoms with Crippen LogP contribution in [0.25, 0.3) is 23.3 Å². The lowest BCUT2D eigenvalue weighted by Gasteiger charge is -2.35. The van der Waals surface area contributed by atoms with E-state index in [1.807, 2.05) is 48.5 Å². The third kappa shape index (κ3) is 18.3. The Morgan fingerprint density at radius 1 is 0.367 bits per heavy atom. The largest absolute Gasteiger partial charge is 0.495 e. The van der Waals surface area contributed by atoms with Gasteiger partial charge in [0.05, 0.1) is 12.8 Å². The predicted octanol–water partition coefficient (Wildman–Crippen LogP) is 7.84. The minimum atomic E-state index is 0.246. The summed E-state index contributed by atoms with van der Waals surface area (Å²) in [6, 6.07) is 35.8. The number of piperazine rings is 3. The molecule has 120 heavy (non-hydrogen) atoms. The molecular formula is C83H104N36O. The van der Waals surface area contributed by atoms with Gasteiger partial charge >= 0.3 is 0 Å². The molecule has 622 valence electrons. The first-order valence-electron chi connectivity index (χ1n) is 42.0. The summed E-state index contributed by atoms with van der Waals surface area (Å²) in [5.41, 5.74) is 36.8. The molecule has 0 atom stereocenters. The van der Waals surface area contributed by atoms with E-state index in [1.165, 1.54) is 115 Å². The van der Waals surface area contributed by atoms with Crippen LogP contribution in [0.2, 0.25) is 0 Å². The highest BCUT2D eigenvalue weighted by molar-refractivity contribution is 5.67. The number of nitrogens with two attached hydrogens (primary N) is 4. The second kappa shape index (κ2) is 35.7. The van der Waals surface area contributed by atoms with Crippen LogP contribution in [0.5, 0.6) is 5.75 Å². The summed E-state index contributed by atoms with van der Waals surface area (Å²) in [6.07, 6.45) is 24.4. The van der Waals surface area contributed by atoms with E-state index in [9.17, 15) is 0 Å². The van der Waals surface area contributed by atoms with Crippen LogP contribution in [-0.4, -0.2) is 249 Å². The van der Waals surface area contributed by atoms with Crippen LogP contribution in [0, 0.1) is 0 Å². The van der Waals surface area contributed by atoms with Crippen molar-refractivity contribution >= 4 is 93.6 Å². The molecule has 21 rings (SSSR count). The van der Waals surface area contributed by atoms with Crippen LogP contribution < -0.4 is 69.0 Å². The van der Waals surface area contributed by atoms with E-state index in [2.05, 4.69) is 203 Å². The van der Waals surface area contributed by atoms with Gasteiger partial charge in [-0.05, 0) is 180 Å². The van der Waals surface area contributed by atoms with E-state index < -0.39 is 0 Å². The molecule has 6 fully saturated rings. The van der Waals surface area contributed by atoms with Gasteiger partial charge in [-0.15, -0.1) is 20.4 Å². The number of likely N-dealkylation sites (N-methyl/N-ethyl adjacent to an activating group) is 1. The number of methoxy groups -OCH3 is 1. The number of likely N-dealkylation sites (tertiary alicyclic amines) is 1. The summed E-state index contributed by atoms with van der Waals surface area (Å²) in [5, 5.41) is 34.7. The maximum atomic E-state index is 6.20. The minimum absolute atomic E-state index is 0.246. The lowest BCUT2D eigenvalue weighted by molar-refractivity contribution is 0.247. The monoisotopic (exact) mass is 1620 g/mol. The molecule has 12 heterocycles. The molecule has 0 unspecified atom stereocenters. The van der Waals surface area contributed by atoms with Gasteiger partial charge in [0.25, 0.3) is 0 Å². The van der Waals surface area contributed by atoms with Crippen molar-refractivity contribution in [2.24, 2.45) is 0 Å². The first-order valence-corrected chi connectivity index (χ1v) is 42.0. The lowest BCUT2D eigenvalue weighted by Crippen LogP contribution is -2.47. The zero-order valence-electron chi connectivity index (χ0n) is 68.0. The number of ether oxygens (including phenoxy) is 1. The van der Waals surface area contributed by atoms with Crippen molar-refractivity contribution in [1.29, 1.82) is 0 Å². The Morgan fingerprint density at radius 3 is 1.11 bits per heavy atom. The third-order valence-electron chi connectivity index (χ3n) is 23.7. The number of nitrogen functional groups attached to an aromatic ring is 4. The van der Waals surface area contributed by atoms with Crippen molar-refractivity contribution < 1.29 is 4.74 Å². The number of para-hydroxylation sites is 2. The van der Waals surface area contributed by atoms with Crippen LogP contribution >= 0.6 is 0 Å². The number of fused-ring (bicyclic) bond motifs is 3. The Balaban J connectivity index is 0.000000110. The Labute approximate surface area is 695 Å². The van der Waals surface area contributed by atoms with Crippen molar-refractivity contribution in [2.75, 3.05) is 183 Å². The van der Waals surface area contributed by atoms with Gasteiger partial charge in [-0.25, -0.2) is 39.9 Å². The molecule has 0 radical (unpaired) electrons. The van der Waals surface area contributed by atoms with E-state index in [0.717, 1.165) is 188 Å². The normalized spacial score (nSPS) is 17.2. The molecule has 0 spiro atoms. The number of aryl methyl sites for hydroxylation is 3. The van der Waals surface area contributed by atoms with Gasteiger partial charge in [0.2, 0.25) is 47.6 Å². The Kier molecular flexibility index (Phi) is 23.2. The SMILES string of the molecule is CN1CCN(c2cc(-n3nc(Nc4cccc5c4CCC5)nc3N)ncn2)CC1.COc1ccccc1Nc1nc(N)n(-c2cc(N3CCN(C4CC4)CC3)ncn2)n1.Nc1nc(Nc2cccc3c2CCC3)nn1-c1cc(N2CCN(C3CC3)CC2)ncn1.Nc1nc(Nc2cccc3c2CCC3)nn1-c1cc(NCCN2CCCC2)ncn1. The molecule has 0 bridgehead atoms. The number of nitrogens with one attached hydrogen (secondary N) is 5. The fraction of sp³-hybridized carbons (Fsp3) is 0.422. The van der Waals surface area contributed by atoms with E-state index >= 15 is 0 Å². The fourth-order valence-electron chi connectivity index (χ4n) is 17.0. The van der Waals surface area contributed by atoms with Crippen molar-refractivity contribution in [3.8, 4) is 29.0 Å². The van der Waals surface area contributed by atoms with Gasteiger partial charge in [0.1, 0.15) is 54.3 Å². The maximum absolute atomic E-state index is 6.20. The highest BCUT2D eigenvalue weighted by Crippen LogP contribution is 2.36. The van der Waals surface area contributed by atoms with E-state index in [1.54, 1.807) is 40.1 Å². The zero-order chi connectivity index (χ0) is 81.4. The number of aromatic nitrogens is 20. The standard InChI is InChI=1S/C22H27N9.C21H27N9.C20H25N9O.C20H25N9/c23-21-27-22(26-18-6-2-4-15-3-1-5-17(15)18)28-31(21)20-13-19(24-14-25-20)30-11-9-29(10-12-30)16-7-8-16;22-20-27-21(26-17-8-4-6-15-5-3-7-16(15)17)28-30(20)19-13-18(24-14-25-19)23-9-12-29-10-1-2-11-29;1-30-16-5-3-2-4-15(16)24-20-25-19(21)29(26-20)18-12-17(22-13-23-18)28-10-8-27(9-11-28)14-6-7-14;1-27-8-10-28(11-9-27)17-12-18(23-13-22-17)29-19(21)25-20(26-29)24-16-7-3-5-14-4-2-6-15(14)16/h2,4,6,13-14,16H,1,3,5,7-12H2,(H3,23,26,27,28);4,6,8,13-14H,1-3,5,7,9-12H2,(H,23,24,25)(H3,22,26,27,28);2-5,12-14H,6-11H2,1H3,(H3,21,24,25,26);3,5,7,12-13H,2,4,6,8-11H2,1H3,(H3,21,24,25,26). The highest BCUT2D eigenvalue weighted by Gasteiger charge is 2.34. The molecule has 13 N–H and O–H groups in total. The second-order valence-corrected chi connectivity index (χ2v) is 31.7. The highest BCUT2D eigenvalue weighted by atomic mass is 16.5. The van der Waals surface area contributed by atoms with Gasteiger partial charge in [-0.3, -0.25) is 9.80 Å². The number of anilines is 16. The van der Waals surface area contributed by atoms with E-state index in [0.29, 0.717) is 64.7 Å². The average Bonchev–Trinajstić information content (AvgIpc) is 1.62. The first kappa shape index (κ1) is 78.2. The number of rotatable bonds is 22. The third-order valence-corrected chi connectivity index (χ3v) is 23.7. The Bertz CT molecular complexity index is 5510. The number of hydrogen-bond donors (Lipinski definition) is 9. The number of hydrogen-bond acceptors (Lipinski definition) is 33. The molecular weight excluding hydrogens is 1520 g/mol. The van der Waals surface area contributed by atoms with Crippen molar-refractivity contribution in [2.45, 2.75) is 108 Å². The van der Waals surface area contributed by atoms with Crippen LogP contribution in [0.15, 0.2) is 128 Å². The topological polar surface area (TPSA) is 422 Å². The molecule has 2 saturated carbocycles. The van der Waals surface area contributed by atoms with Gasteiger partial charge < -0.3 is 78.8 Å². The fourth-order valence-corrected chi connectivity index (χ4v) is 17.0. The van der Waals surface area contributed by atoms with Gasteiger partial charge in [-0.1, -0.05) is 48.5 Å². The quantitative estimate of drug-likeness (QED) is 0.0312. The summed E-state index contributed by atoms with van der Waals surface area (Å²) in [4.78, 5) is 69.5. The molecule has 8 aromatic heterocycles. The molecule has 12 aromatic rings. The first-order chi connectivity index (χ1) is 58.9. The predicted molar refractivity (Wildman–Crippen MR) is 464 cm³/mol. The van der Waals surface area contributed by atoms with Gasteiger partial charge in [0.15, 0.2) is 23.3 Å². The van der Waals surface area contributed by atoms with E-state index in [-0.39, 0.29) is 11.9 Å². The second-order valence-electron chi connectivity index (χ2n) is 31.7. The number of nitrogens with zero attached hydrogens (tertiary/aromatic N) is 27. The minimum Gasteiger partial charge on any atom is -0.495 e.